The quantitative estimate of drug-likeness (QED) is 0.470. The molecule has 4 atom stereocenters. The van der Waals surface area contributed by atoms with Crippen molar-refractivity contribution in [1.82, 2.24) is 19.5 Å². The highest BCUT2D eigenvalue weighted by molar-refractivity contribution is 6.76. The number of nitrogens with zero attached hydrogens (tertiary/aromatic N) is 4. The molecule has 3 aromatic rings. The molecule has 0 saturated carbocycles. The minimum atomic E-state index is -1.24. The summed E-state index contributed by atoms with van der Waals surface area (Å²) in [5.74, 6) is 0.422. The van der Waals surface area contributed by atoms with E-state index in [1.807, 2.05) is 30.3 Å². The molecule has 0 aliphatic carbocycles. The van der Waals surface area contributed by atoms with Crippen LogP contribution < -0.4 is 4.74 Å². The van der Waals surface area contributed by atoms with Crippen molar-refractivity contribution in [3.05, 3.63) is 48.5 Å². The third kappa shape index (κ3) is 4.99. The lowest BCUT2D eigenvalue weighted by atomic mass is 10.1. The fourth-order valence-electron chi connectivity index (χ4n) is 3.62. The zero-order chi connectivity index (χ0) is 22.7. The summed E-state index contributed by atoms with van der Waals surface area (Å²) in [4.78, 5) is 13.1. The van der Waals surface area contributed by atoms with Gasteiger partial charge < -0.3 is 24.4 Å². The van der Waals surface area contributed by atoms with Gasteiger partial charge in [0.25, 0.3) is 0 Å². The molecule has 0 radical (unpaired) electrons. The van der Waals surface area contributed by atoms with E-state index in [1.54, 1.807) is 10.9 Å². The number of aliphatic hydroxyl groups excluding tert-OH is 2. The van der Waals surface area contributed by atoms with Gasteiger partial charge in [0.05, 0.1) is 26.1 Å². The topological polar surface area (TPSA) is 112 Å². The standard InChI is InChI=1S/C22H30N4O5Si/c1-32(2,3)10-9-29-21-17-20(23-13-24-21)26(14-25-17)22-19(18(28)16(11-27)31-22)30-12-15-7-5-4-6-8-15/h4-8,13-14,16,18-19,22,27-28H,9-12H2,1-3H3/t16-,18-,19+,22?/m1/s1. The Balaban J connectivity index is 1.57. The van der Waals surface area contributed by atoms with Crippen molar-refractivity contribution in [3.8, 4) is 5.88 Å². The van der Waals surface area contributed by atoms with Crippen LogP contribution in [-0.2, 0) is 16.1 Å². The first-order valence-electron chi connectivity index (χ1n) is 10.8. The monoisotopic (exact) mass is 458 g/mol. The molecule has 0 amide bonds. The Labute approximate surface area is 188 Å². The van der Waals surface area contributed by atoms with Gasteiger partial charge in [-0.25, -0.2) is 9.97 Å². The fourth-order valence-corrected chi connectivity index (χ4v) is 4.33. The van der Waals surface area contributed by atoms with Crippen LogP contribution in [0.25, 0.3) is 11.2 Å². The Morgan fingerprint density at radius 2 is 1.91 bits per heavy atom. The molecule has 2 N–H and O–H groups in total. The molecular weight excluding hydrogens is 428 g/mol. The third-order valence-corrected chi connectivity index (χ3v) is 7.17. The lowest BCUT2D eigenvalue weighted by Gasteiger charge is -2.22. The lowest BCUT2D eigenvalue weighted by molar-refractivity contribution is -0.0761. The second kappa shape index (κ2) is 9.63. The number of aliphatic hydroxyl groups is 2. The Kier molecular flexibility index (Phi) is 6.87. The van der Waals surface area contributed by atoms with Gasteiger partial charge in [-0.15, -0.1) is 0 Å². The van der Waals surface area contributed by atoms with E-state index in [2.05, 4.69) is 34.6 Å². The molecule has 3 heterocycles. The van der Waals surface area contributed by atoms with Crippen LogP contribution in [0.3, 0.4) is 0 Å². The predicted molar refractivity (Wildman–Crippen MR) is 121 cm³/mol. The van der Waals surface area contributed by atoms with Crippen LogP contribution in [0.5, 0.6) is 5.88 Å². The van der Waals surface area contributed by atoms with Crippen molar-refractivity contribution in [1.29, 1.82) is 0 Å². The van der Waals surface area contributed by atoms with E-state index >= 15 is 0 Å². The van der Waals surface area contributed by atoms with Crippen LogP contribution in [0, 0.1) is 0 Å². The van der Waals surface area contributed by atoms with Crippen molar-refractivity contribution < 1.29 is 24.4 Å². The minimum Gasteiger partial charge on any atom is -0.476 e. The second-order valence-corrected chi connectivity index (χ2v) is 14.8. The maximum atomic E-state index is 10.7. The summed E-state index contributed by atoms with van der Waals surface area (Å²) < 4.78 is 19.6. The Morgan fingerprint density at radius 3 is 2.62 bits per heavy atom. The molecule has 0 spiro atoms. The molecule has 1 unspecified atom stereocenters. The lowest BCUT2D eigenvalue weighted by Crippen LogP contribution is -2.35. The van der Waals surface area contributed by atoms with Crippen LogP contribution >= 0.6 is 0 Å². The molecule has 1 aromatic carbocycles. The van der Waals surface area contributed by atoms with Gasteiger partial charge in [0.15, 0.2) is 17.4 Å². The SMILES string of the molecule is C[Si](C)(C)CCOc1ncnc2c1ncn2C1O[C@H](CO)[C@@H](O)[C@@H]1OCc1ccccc1. The van der Waals surface area contributed by atoms with E-state index < -0.39 is 32.6 Å². The van der Waals surface area contributed by atoms with Gasteiger partial charge in [0, 0.05) is 8.07 Å². The van der Waals surface area contributed by atoms with Gasteiger partial charge in [-0.3, -0.25) is 4.57 Å². The van der Waals surface area contributed by atoms with Crippen LogP contribution in [0.2, 0.25) is 25.7 Å². The number of benzene rings is 1. The average molecular weight is 459 g/mol. The molecule has 1 aliphatic heterocycles. The van der Waals surface area contributed by atoms with Crippen LogP contribution in [-0.4, -0.2) is 69.3 Å². The zero-order valence-corrected chi connectivity index (χ0v) is 19.6. The summed E-state index contributed by atoms with van der Waals surface area (Å²) in [6.07, 6.45) is -0.176. The van der Waals surface area contributed by atoms with Gasteiger partial charge in [-0.1, -0.05) is 50.0 Å². The molecule has 10 heteroatoms. The second-order valence-electron chi connectivity index (χ2n) is 9.16. The number of aromatic nitrogens is 4. The number of ether oxygens (including phenoxy) is 3. The number of fused-ring (bicyclic) bond motifs is 1. The number of rotatable bonds is 9. The highest BCUT2D eigenvalue weighted by Gasteiger charge is 2.46. The Hall–Kier alpha value is -2.37. The predicted octanol–water partition coefficient (Wildman–Crippen LogP) is 2.38. The maximum absolute atomic E-state index is 10.7. The zero-order valence-electron chi connectivity index (χ0n) is 18.6. The van der Waals surface area contributed by atoms with Crippen molar-refractivity contribution in [2.24, 2.45) is 0 Å². The molecule has 1 aliphatic rings. The van der Waals surface area contributed by atoms with Gasteiger partial charge >= 0.3 is 0 Å². The van der Waals surface area contributed by atoms with Crippen molar-refractivity contribution in [2.45, 2.75) is 56.8 Å². The molecule has 0 bridgehead atoms. The largest absolute Gasteiger partial charge is 0.476 e. The number of imidazole rings is 1. The number of hydrogen-bond donors (Lipinski definition) is 2. The first-order chi connectivity index (χ1) is 15.4. The van der Waals surface area contributed by atoms with Gasteiger partial charge in [-0.05, 0) is 11.6 Å². The smallest absolute Gasteiger partial charge is 0.245 e. The maximum Gasteiger partial charge on any atom is 0.245 e. The highest BCUT2D eigenvalue weighted by Crippen LogP contribution is 2.35. The molecule has 1 fully saturated rings. The number of hydrogen-bond acceptors (Lipinski definition) is 8. The summed E-state index contributed by atoms with van der Waals surface area (Å²) in [7, 11) is -1.24. The summed E-state index contributed by atoms with van der Waals surface area (Å²) in [6, 6.07) is 10.7. The Morgan fingerprint density at radius 1 is 1.12 bits per heavy atom. The van der Waals surface area contributed by atoms with Crippen LogP contribution in [0.4, 0.5) is 0 Å². The first kappa shape index (κ1) is 22.8. The molecule has 9 nitrogen and oxygen atoms in total. The van der Waals surface area contributed by atoms with E-state index in [9.17, 15) is 10.2 Å². The van der Waals surface area contributed by atoms with Gasteiger partial charge in [-0.2, -0.15) is 4.98 Å². The van der Waals surface area contributed by atoms with E-state index in [0.717, 1.165) is 11.6 Å². The molecule has 1 saturated heterocycles. The van der Waals surface area contributed by atoms with Gasteiger partial charge in [0.2, 0.25) is 5.88 Å². The summed E-state index contributed by atoms with van der Waals surface area (Å²) >= 11 is 0. The van der Waals surface area contributed by atoms with E-state index in [4.69, 9.17) is 14.2 Å². The summed E-state index contributed by atoms with van der Waals surface area (Å²) in [5.41, 5.74) is 2.02. The van der Waals surface area contributed by atoms with E-state index in [0.29, 0.717) is 30.3 Å². The van der Waals surface area contributed by atoms with Crippen LogP contribution in [0.15, 0.2) is 43.0 Å². The van der Waals surface area contributed by atoms with Gasteiger partial charge in [0.1, 0.15) is 24.6 Å². The van der Waals surface area contributed by atoms with E-state index in [-0.39, 0.29) is 6.61 Å². The molecule has 4 rings (SSSR count). The van der Waals surface area contributed by atoms with Crippen LogP contribution in [0.1, 0.15) is 11.8 Å². The van der Waals surface area contributed by atoms with Crippen molar-refractivity contribution >= 4 is 19.2 Å². The minimum absolute atomic E-state index is 0.299. The van der Waals surface area contributed by atoms with Crippen molar-refractivity contribution in [3.63, 3.8) is 0 Å². The fraction of sp³-hybridized carbons (Fsp3) is 0.500. The molecule has 172 valence electrons. The average Bonchev–Trinajstić information content (AvgIpc) is 3.33. The van der Waals surface area contributed by atoms with E-state index in [1.165, 1.54) is 6.33 Å². The Bertz CT molecular complexity index is 1030. The summed E-state index contributed by atoms with van der Waals surface area (Å²) in [5, 5.41) is 20.4. The third-order valence-electron chi connectivity index (χ3n) is 5.47. The molecule has 2 aromatic heterocycles. The first-order valence-corrected chi connectivity index (χ1v) is 14.5. The molecular formula is C22H30N4O5Si. The normalized spacial score (nSPS) is 23.7. The van der Waals surface area contributed by atoms with Crippen molar-refractivity contribution in [2.75, 3.05) is 13.2 Å². The summed E-state index contributed by atoms with van der Waals surface area (Å²) in [6.45, 7) is 7.41. The highest BCUT2D eigenvalue weighted by atomic mass is 28.3. The molecule has 32 heavy (non-hydrogen) atoms.